The van der Waals surface area contributed by atoms with Crippen molar-refractivity contribution in [3.63, 3.8) is 0 Å². The molecule has 1 aliphatic rings. The molecule has 0 aliphatic carbocycles. The maximum absolute atomic E-state index is 11.0. The molecule has 0 unspecified atom stereocenters. The average Bonchev–Trinajstić information content (AvgIpc) is 2.23. The van der Waals surface area contributed by atoms with Crippen LogP contribution in [-0.4, -0.2) is 65.2 Å². The number of methoxy groups -OCH3 is 1. The Labute approximate surface area is 98.9 Å². The lowest BCUT2D eigenvalue weighted by atomic mass is 9.98. The fraction of sp³-hybridized carbons (Fsp3) is 0.900. The highest BCUT2D eigenvalue weighted by atomic mass is 16.7. The van der Waals surface area contributed by atoms with E-state index < -0.39 is 36.7 Å². The third kappa shape index (κ3) is 3.14. The van der Waals surface area contributed by atoms with E-state index in [2.05, 4.69) is 0 Å². The van der Waals surface area contributed by atoms with Crippen molar-refractivity contribution in [1.29, 1.82) is 0 Å². The smallest absolute Gasteiger partial charge is 0.335 e. The first-order valence-electron chi connectivity index (χ1n) is 5.31. The minimum absolute atomic E-state index is 0.268. The third-order valence-corrected chi connectivity index (χ3v) is 2.47. The molecule has 0 aromatic heterocycles. The number of hydrogen-bond donors (Lipinski definition) is 3. The van der Waals surface area contributed by atoms with Gasteiger partial charge in [-0.1, -0.05) is 0 Å². The van der Waals surface area contributed by atoms with Gasteiger partial charge in [0, 0.05) is 7.11 Å². The van der Waals surface area contributed by atoms with Gasteiger partial charge in [-0.3, -0.25) is 0 Å². The van der Waals surface area contributed by atoms with Gasteiger partial charge in [-0.05, 0) is 13.8 Å². The number of aliphatic hydroxyl groups is 2. The van der Waals surface area contributed by atoms with Gasteiger partial charge in [0.1, 0.15) is 18.3 Å². The van der Waals surface area contributed by atoms with Crippen molar-refractivity contribution in [2.45, 2.75) is 50.7 Å². The Hall–Kier alpha value is -0.730. The van der Waals surface area contributed by atoms with Crippen LogP contribution < -0.4 is 0 Å². The Kier molecular flexibility index (Phi) is 4.84. The second-order valence-electron chi connectivity index (χ2n) is 4.13. The number of ether oxygens (including phenoxy) is 3. The zero-order chi connectivity index (χ0) is 13.2. The summed E-state index contributed by atoms with van der Waals surface area (Å²) in [5, 5.41) is 28.4. The first-order valence-corrected chi connectivity index (χ1v) is 5.31. The molecule has 0 aromatic carbocycles. The van der Waals surface area contributed by atoms with E-state index in [1.807, 2.05) is 0 Å². The summed E-state index contributed by atoms with van der Waals surface area (Å²) in [7, 11) is 1.24. The van der Waals surface area contributed by atoms with E-state index in [9.17, 15) is 15.0 Å². The average molecular weight is 250 g/mol. The Morgan fingerprint density at radius 3 is 2.29 bits per heavy atom. The molecule has 0 saturated carbocycles. The van der Waals surface area contributed by atoms with Crippen LogP contribution in [0.1, 0.15) is 13.8 Å². The first-order chi connectivity index (χ1) is 7.88. The predicted octanol–water partition coefficient (Wildman–Crippen LogP) is -1.04. The third-order valence-electron chi connectivity index (χ3n) is 2.47. The highest BCUT2D eigenvalue weighted by Gasteiger charge is 2.48. The lowest BCUT2D eigenvalue weighted by Crippen LogP contribution is -2.61. The van der Waals surface area contributed by atoms with Crippen LogP contribution in [0.4, 0.5) is 0 Å². The molecule has 1 fully saturated rings. The van der Waals surface area contributed by atoms with Crippen LogP contribution in [0.15, 0.2) is 0 Å². The normalized spacial score (nSPS) is 38.4. The largest absolute Gasteiger partial charge is 0.479 e. The van der Waals surface area contributed by atoms with Gasteiger partial charge in [-0.15, -0.1) is 0 Å². The van der Waals surface area contributed by atoms with E-state index in [0.717, 1.165) is 0 Å². The lowest BCUT2D eigenvalue weighted by molar-refractivity contribution is -0.304. The van der Waals surface area contributed by atoms with Crippen LogP contribution >= 0.6 is 0 Å². The summed E-state index contributed by atoms with van der Waals surface area (Å²) in [5.41, 5.74) is 0. The lowest BCUT2D eigenvalue weighted by Gasteiger charge is -2.40. The van der Waals surface area contributed by atoms with E-state index in [1.54, 1.807) is 13.8 Å². The van der Waals surface area contributed by atoms with Crippen molar-refractivity contribution >= 4 is 5.97 Å². The quantitative estimate of drug-likeness (QED) is 0.585. The fourth-order valence-electron chi connectivity index (χ4n) is 1.68. The Bertz CT molecular complexity index is 267. The summed E-state index contributed by atoms with van der Waals surface area (Å²) < 4.78 is 15.1. The van der Waals surface area contributed by atoms with Crippen molar-refractivity contribution in [2.75, 3.05) is 7.11 Å². The van der Waals surface area contributed by atoms with Gasteiger partial charge in [-0.25, -0.2) is 4.79 Å². The molecular formula is C10H18O7. The Morgan fingerprint density at radius 2 is 1.88 bits per heavy atom. The van der Waals surface area contributed by atoms with Crippen molar-refractivity contribution < 1.29 is 34.3 Å². The zero-order valence-electron chi connectivity index (χ0n) is 9.94. The Balaban J connectivity index is 2.82. The molecule has 100 valence electrons. The molecule has 1 heterocycles. The van der Waals surface area contributed by atoms with E-state index in [1.165, 1.54) is 7.11 Å². The van der Waals surface area contributed by atoms with Crippen molar-refractivity contribution in [3.8, 4) is 0 Å². The molecule has 5 atom stereocenters. The van der Waals surface area contributed by atoms with Gasteiger partial charge >= 0.3 is 5.97 Å². The van der Waals surface area contributed by atoms with Crippen LogP contribution in [0.2, 0.25) is 0 Å². The summed E-state index contributed by atoms with van der Waals surface area (Å²) in [4.78, 5) is 11.0. The summed E-state index contributed by atoms with van der Waals surface area (Å²) in [5.74, 6) is -1.28. The molecule has 1 saturated heterocycles. The second kappa shape index (κ2) is 5.74. The van der Waals surface area contributed by atoms with Crippen molar-refractivity contribution in [3.05, 3.63) is 0 Å². The SMILES string of the molecule is CO[C@H]1[C@H](O)[C@H](O)[C@H](OC(C)C)O[C@H]1C(=O)O. The predicted molar refractivity (Wildman–Crippen MR) is 55.3 cm³/mol. The molecule has 17 heavy (non-hydrogen) atoms. The number of carbonyl (C=O) groups is 1. The number of aliphatic carboxylic acids is 1. The number of rotatable bonds is 4. The van der Waals surface area contributed by atoms with E-state index in [4.69, 9.17) is 19.3 Å². The second-order valence-corrected chi connectivity index (χ2v) is 4.13. The van der Waals surface area contributed by atoms with Crippen molar-refractivity contribution in [1.82, 2.24) is 0 Å². The zero-order valence-corrected chi connectivity index (χ0v) is 9.94. The molecule has 7 heteroatoms. The molecule has 1 rings (SSSR count). The maximum atomic E-state index is 11.0. The van der Waals surface area contributed by atoms with Crippen LogP contribution in [0.5, 0.6) is 0 Å². The van der Waals surface area contributed by atoms with E-state index in [0.29, 0.717) is 0 Å². The summed E-state index contributed by atoms with van der Waals surface area (Å²) in [6.45, 7) is 3.42. The molecule has 0 radical (unpaired) electrons. The van der Waals surface area contributed by atoms with Crippen LogP contribution in [0, 0.1) is 0 Å². The molecule has 0 amide bonds. The van der Waals surface area contributed by atoms with Gasteiger partial charge in [0.2, 0.25) is 0 Å². The topological polar surface area (TPSA) is 105 Å². The standard InChI is InChI=1S/C10H18O7/c1-4(2)16-10-6(12)5(11)7(15-3)8(17-10)9(13)14/h4-8,10-12H,1-3H3,(H,13,14)/t5-,6+,7+,8-,10-/m1/s1. The molecule has 0 spiro atoms. The van der Waals surface area contributed by atoms with Crippen molar-refractivity contribution in [2.24, 2.45) is 0 Å². The Morgan fingerprint density at radius 1 is 1.29 bits per heavy atom. The van der Waals surface area contributed by atoms with Crippen LogP contribution in [0.3, 0.4) is 0 Å². The van der Waals surface area contributed by atoms with E-state index >= 15 is 0 Å². The van der Waals surface area contributed by atoms with Gasteiger partial charge in [0.25, 0.3) is 0 Å². The summed E-state index contributed by atoms with van der Waals surface area (Å²) >= 11 is 0. The minimum Gasteiger partial charge on any atom is -0.479 e. The van der Waals surface area contributed by atoms with Gasteiger partial charge in [0.15, 0.2) is 12.4 Å². The first kappa shape index (κ1) is 14.3. The molecular weight excluding hydrogens is 232 g/mol. The van der Waals surface area contributed by atoms with E-state index in [-0.39, 0.29) is 6.10 Å². The highest BCUT2D eigenvalue weighted by molar-refractivity contribution is 5.73. The molecule has 3 N–H and O–H groups in total. The van der Waals surface area contributed by atoms with Gasteiger partial charge in [-0.2, -0.15) is 0 Å². The molecule has 1 aliphatic heterocycles. The monoisotopic (exact) mass is 250 g/mol. The number of carboxylic acid groups (broad SMARTS) is 1. The summed E-state index contributed by atoms with van der Waals surface area (Å²) in [6.07, 6.45) is -6.68. The number of hydrogen-bond acceptors (Lipinski definition) is 6. The molecule has 7 nitrogen and oxygen atoms in total. The fourth-order valence-corrected chi connectivity index (χ4v) is 1.68. The van der Waals surface area contributed by atoms with Crippen LogP contribution in [-0.2, 0) is 19.0 Å². The molecule has 0 aromatic rings. The maximum Gasteiger partial charge on any atom is 0.335 e. The molecule has 0 bridgehead atoms. The number of carboxylic acids is 1. The minimum atomic E-state index is -1.38. The number of aliphatic hydroxyl groups excluding tert-OH is 2. The van der Waals surface area contributed by atoms with Crippen LogP contribution in [0.25, 0.3) is 0 Å². The van der Waals surface area contributed by atoms with Gasteiger partial charge < -0.3 is 29.5 Å². The summed E-state index contributed by atoms with van der Waals surface area (Å²) in [6, 6.07) is 0. The highest BCUT2D eigenvalue weighted by Crippen LogP contribution is 2.24. The van der Waals surface area contributed by atoms with Gasteiger partial charge in [0.05, 0.1) is 6.10 Å².